The van der Waals surface area contributed by atoms with Gasteiger partial charge in [-0.05, 0) is 30.2 Å². The highest BCUT2D eigenvalue weighted by atomic mass is 32.2. The number of carbonyl (C=O) groups is 1. The fourth-order valence-corrected chi connectivity index (χ4v) is 3.06. The lowest BCUT2D eigenvalue weighted by atomic mass is 10.1. The second-order valence-electron chi connectivity index (χ2n) is 4.92. The van der Waals surface area contributed by atoms with Crippen LogP contribution in [0.1, 0.15) is 21.5 Å². The van der Waals surface area contributed by atoms with E-state index in [1.165, 1.54) is 19.2 Å². The summed E-state index contributed by atoms with van der Waals surface area (Å²) in [4.78, 5) is 16.5. The first-order valence-electron chi connectivity index (χ1n) is 6.91. The van der Waals surface area contributed by atoms with Crippen molar-refractivity contribution in [3.63, 3.8) is 0 Å². The highest BCUT2D eigenvalue weighted by molar-refractivity contribution is 7.89. The first-order chi connectivity index (χ1) is 10.9. The minimum Gasteiger partial charge on any atom is -0.277 e. The normalized spacial score (nSPS) is 11.2. The summed E-state index contributed by atoms with van der Waals surface area (Å²) in [6.07, 6.45) is 0. The Bertz CT molecular complexity index is 789. The zero-order valence-corrected chi connectivity index (χ0v) is 13.7. The van der Waals surface area contributed by atoms with Gasteiger partial charge in [-0.1, -0.05) is 36.4 Å². The summed E-state index contributed by atoms with van der Waals surface area (Å²) < 4.78 is 27.3. The lowest BCUT2D eigenvalue weighted by molar-refractivity contribution is 0.0537. The van der Waals surface area contributed by atoms with Crippen LogP contribution in [0.2, 0.25) is 0 Å². The van der Waals surface area contributed by atoms with E-state index in [1.54, 1.807) is 13.0 Å². The number of nitrogens with one attached hydrogen (secondary N) is 2. The molecule has 0 saturated carbocycles. The molecule has 0 radical (unpaired) electrons. The third-order valence-electron chi connectivity index (χ3n) is 3.27. The summed E-state index contributed by atoms with van der Waals surface area (Å²) in [5.74, 6) is -0.495. The summed E-state index contributed by atoms with van der Waals surface area (Å²) in [6, 6.07) is 13.6. The monoisotopic (exact) mass is 334 g/mol. The number of hydrogen-bond acceptors (Lipinski definition) is 4. The second-order valence-corrected chi connectivity index (χ2v) is 6.69. The minimum atomic E-state index is -3.72. The van der Waals surface area contributed by atoms with Crippen LogP contribution in [-0.2, 0) is 21.4 Å². The van der Waals surface area contributed by atoms with Crippen LogP contribution in [0.25, 0.3) is 0 Å². The highest BCUT2D eigenvalue weighted by Gasteiger charge is 2.17. The molecule has 7 heteroatoms. The van der Waals surface area contributed by atoms with Crippen molar-refractivity contribution < 1.29 is 18.0 Å². The van der Waals surface area contributed by atoms with Gasteiger partial charge in [0.15, 0.2) is 0 Å². The third kappa shape index (κ3) is 4.38. The Morgan fingerprint density at radius 1 is 1.13 bits per heavy atom. The zero-order valence-electron chi connectivity index (χ0n) is 12.9. The summed E-state index contributed by atoms with van der Waals surface area (Å²) in [5, 5.41) is 0. The molecule has 0 aliphatic heterocycles. The molecule has 2 aromatic carbocycles. The van der Waals surface area contributed by atoms with Crippen LogP contribution in [0.4, 0.5) is 0 Å². The molecule has 0 aliphatic carbocycles. The van der Waals surface area contributed by atoms with Crippen LogP contribution < -0.4 is 10.2 Å². The Labute approximate surface area is 135 Å². The Hall–Kier alpha value is -2.22. The van der Waals surface area contributed by atoms with Crippen molar-refractivity contribution in [2.24, 2.45) is 0 Å². The van der Waals surface area contributed by atoms with E-state index in [1.807, 2.05) is 30.3 Å². The van der Waals surface area contributed by atoms with Crippen molar-refractivity contribution in [3.8, 4) is 0 Å². The summed E-state index contributed by atoms with van der Waals surface area (Å²) in [7, 11) is -2.40. The molecule has 2 N–H and O–H groups in total. The average Bonchev–Trinajstić information content (AvgIpc) is 2.54. The second kappa shape index (κ2) is 7.36. The largest absolute Gasteiger partial charge is 0.277 e. The van der Waals surface area contributed by atoms with E-state index in [9.17, 15) is 13.2 Å². The number of rotatable bonds is 6. The van der Waals surface area contributed by atoms with E-state index < -0.39 is 15.9 Å². The third-order valence-corrected chi connectivity index (χ3v) is 4.67. The van der Waals surface area contributed by atoms with Crippen LogP contribution in [0, 0.1) is 6.92 Å². The number of sulfonamides is 1. The van der Waals surface area contributed by atoms with Gasteiger partial charge in [0.2, 0.25) is 10.0 Å². The Balaban J connectivity index is 2.22. The zero-order chi connectivity index (χ0) is 16.9. The molecule has 0 saturated heterocycles. The highest BCUT2D eigenvalue weighted by Crippen LogP contribution is 2.16. The maximum atomic E-state index is 12.4. The van der Waals surface area contributed by atoms with E-state index >= 15 is 0 Å². The molecule has 0 atom stereocenters. The molecule has 0 fully saturated rings. The first-order valence-corrected chi connectivity index (χ1v) is 8.40. The summed E-state index contributed by atoms with van der Waals surface area (Å²) in [5.41, 5.74) is 3.93. The van der Waals surface area contributed by atoms with E-state index in [2.05, 4.69) is 15.0 Å². The molecule has 2 rings (SSSR count). The quantitative estimate of drug-likeness (QED) is 0.789. The van der Waals surface area contributed by atoms with Gasteiger partial charge in [0.25, 0.3) is 5.91 Å². The molecule has 0 spiro atoms. The lowest BCUT2D eigenvalue weighted by Crippen LogP contribution is -2.25. The summed E-state index contributed by atoms with van der Waals surface area (Å²) >= 11 is 0. The minimum absolute atomic E-state index is 0.0280. The van der Waals surface area contributed by atoms with Gasteiger partial charge in [-0.15, -0.1) is 0 Å². The molecule has 6 nitrogen and oxygen atoms in total. The molecule has 2 aromatic rings. The van der Waals surface area contributed by atoms with Crippen LogP contribution in [-0.4, -0.2) is 21.4 Å². The molecule has 122 valence electrons. The van der Waals surface area contributed by atoms with Crippen LogP contribution in [0.3, 0.4) is 0 Å². The molecule has 0 aromatic heterocycles. The number of amides is 1. The first kappa shape index (κ1) is 17.1. The van der Waals surface area contributed by atoms with Crippen molar-refractivity contribution in [3.05, 3.63) is 65.2 Å². The van der Waals surface area contributed by atoms with E-state index in [0.29, 0.717) is 5.56 Å². The Morgan fingerprint density at radius 2 is 1.83 bits per heavy atom. The predicted molar refractivity (Wildman–Crippen MR) is 86.1 cm³/mol. The Kier molecular flexibility index (Phi) is 5.49. The fraction of sp³-hybridized carbons (Fsp3) is 0.188. The van der Waals surface area contributed by atoms with Crippen molar-refractivity contribution in [2.45, 2.75) is 18.4 Å². The van der Waals surface area contributed by atoms with Crippen molar-refractivity contribution in [1.82, 2.24) is 10.2 Å². The van der Waals surface area contributed by atoms with Gasteiger partial charge in [0.05, 0.1) is 12.0 Å². The maximum absolute atomic E-state index is 12.4. The SMILES string of the molecule is CONC(=O)c1cc(S(=O)(=O)NCc2ccccc2)ccc1C. The molecule has 0 aliphatic rings. The maximum Gasteiger partial charge on any atom is 0.275 e. The number of hydrogen-bond donors (Lipinski definition) is 2. The van der Waals surface area contributed by atoms with Gasteiger partial charge in [0.1, 0.15) is 0 Å². The molecule has 0 heterocycles. The molecule has 0 unspecified atom stereocenters. The van der Waals surface area contributed by atoms with Gasteiger partial charge in [-0.2, -0.15) is 0 Å². The van der Waals surface area contributed by atoms with Crippen LogP contribution in [0.5, 0.6) is 0 Å². The van der Waals surface area contributed by atoms with E-state index in [4.69, 9.17) is 0 Å². The molecular weight excluding hydrogens is 316 g/mol. The molecule has 1 amide bonds. The predicted octanol–water partition coefficient (Wildman–Crippen LogP) is 1.76. The van der Waals surface area contributed by atoms with Gasteiger partial charge in [0, 0.05) is 12.1 Å². The Morgan fingerprint density at radius 3 is 2.48 bits per heavy atom. The molecular formula is C16H18N2O4S. The van der Waals surface area contributed by atoms with Gasteiger partial charge in [-0.25, -0.2) is 18.6 Å². The van der Waals surface area contributed by atoms with Gasteiger partial charge >= 0.3 is 0 Å². The van der Waals surface area contributed by atoms with Crippen molar-refractivity contribution in [2.75, 3.05) is 7.11 Å². The average molecular weight is 334 g/mol. The summed E-state index contributed by atoms with van der Waals surface area (Å²) in [6.45, 7) is 1.90. The standard InChI is InChI=1S/C16H18N2O4S/c1-12-8-9-14(10-15(12)16(19)18-22-2)23(20,21)17-11-13-6-4-3-5-7-13/h3-10,17H,11H2,1-2H3,(H,18,19). The topological polar surface area (TPSA) is 84.5 Å². The number of benzene rings is 2. The number of aryl methyl sites for hydroxylation is 1. The number of carbonyl (C=O) groups excluding carboxylic acids is 1. The molecule has 0 bridgehead atoms. The van der Waals surface area contributed by atoms with E-state index in [0.717, 1.165) is 5.56 Å². The van der Waals surface area contributed by atoms with Gasteiger partial charge < -0.3 is 0 Å². The van der Waals surface area contributed by atoms with Crippen LogP contribution >= 0.6 is 0 Å². The van der Waals surface area contributed by atoms with Crippen LogP contribution in [0.15, 0.2) is 53.4 Å². The lowest BCUT2D eigenvalue weighted by Gasteiger charge is -2.10. The van der Waals surface area contributed by atoms with Gasteiger partial charge in [-0.3, -0.25) is 9.63 Å². The van der Waals surface area contributed by atoms with Crippen molar-refractivity contribution >= 4 is 15.9 Å². The fourth-order valence-electron chi connectivity index (χ4n) is 2.02. The smallest absolute Gasteiger partial charge is 0.275 e. The molecule has 23 heavy (non-hydrogen) atoms. The number of hydroxylamine groups is 1. The van der Waals surface area contributed by atoms with Crippen molar-refractivity contribution in [1.29, 1.82) is 0 Å². The van der Waals surface area contributed by atoms with E-state index in [-0.39, 0.29) is 17.0 Å².